The first-order valence-electron chi connectivity index (χ1n) is 4.84. The standard InChI is InChI=1S/C12H15NO2/c1-3-15-12(14)8-11(13)10-6-4-9(2)5-7-10/h4-8H,3,13H2,1-2H3/b11-8-. The Hall–Kier alpha value is -1.77. The van der Waals surface area contributed by atoms with E-state index in [0.717, 1.165) is 11.1 Å². The Morgan fingerprint density at radius 1 is 1.40 bits per heavy atom. The lowest BCUT2D eigenvalue weighted by molar-refractivity contribution is -0.137. The summed E-state index contributed by atoms with van der Waals surface area (Å²) in [5.41, 5.74) is 8.14. The zero-order valence-corrected chi connectivity index (χ0v) is 8.99. The van der Waals surface area contributed by atoms with Crippen LogP contribution in [0.5, 0.6) is 0 Å². The van der Waals surface area contributed by atoms with Crippen LogP contribution in [-0.4, -0.2) is 12.6 Å². The van der Waals surface area contributed by atoms with Gasteiger partial charge in [-0.2, -0.15) is 0 Å². The fraction of sp³-hybridized carbons (Fsp3) is 0.250. The zero-order valence-electron chi connectivity index (χ0n) is 8.99. The number of aryl methyl sites for hydroxylation is 1. The minimum atomic E-state index is -0.407. The predicted molar refractivity (Wildman–Crippen MR) is 60.0 cm³/mol. The predicted octanol–water partition coefficient (Wildman–Crippen LogP) is 1.86. The van der Waals surface area contributed by atoms with Gasteiger partial charge in [0.05, 0.1) is 6.61 Å². The quantitative estimate of drug-likeness (QED) is 0.605. The van der Waals surface area contributed by atoms with Crippen molar-refractivity contribution in [1.29, 1.82) is 0 Å². The molecule has 80 valence electrons. The second kappa shape index (κ2) is 5.20. The molecule has 0 radical (unpaired) electrons. The van der Waals surface area contributed by atoms with E-state index in [1.807, 2.05) is 31.2 Å². The van der Waals surface area contributed by atoms with Gasteiger partial charge in [0, 0.05) is 11.8 Å². The Labute approximate surface area is 89.5 Å². The zero-order chi connectivity index (χ0) is 11.3. The molecule has 0 fully saturated rings. The minimum Gasteiger partial charge on any atom is -0.463 e. The maximum absolute atomic E-state index is 11.1. The molecular formula is C12H15NO2. The molecule has 0 aliphatic carbocycles. The van der Waals surface area contributed by atoms with Crippen molar-refractivity contribution in [3.8, 4) is 0 Å². The van der Waals surface area contributed by atoms with Crippen LogP contribution in [0.15, 0.2) is 30.3 Å². The molecule has 0 spiro atoms. The molecule has 2 N–H and O–H groups in total. The number of carbonyl (C=O) groups excluding carboxylic acids is 1. The largest absolute Gasteiger partial charge is 0.463 e. The Morgan fingerprint density at radius 3 is 2.53 bits per heavy atom. The van der Waals surface area contributed by atoms with Gasteiger partial charge in [0.1, 0.15) is 0 Å². The van der Waals surface area contributed by atoms with Crippen molar-refractivity contribution in [1.82, 2.24) is 0 Å². The van der Waals surface area contributed by atoms with Crippen LogP contribution in [0.2, 0.25) is 0 Å². The summed E-state index contributed by atoms with van der Waals surface area (Å²) in [5.74, 6) is -0.407. The van der Waals surface area contributed by atoms with Crippen molar-refractivity contribution < 1.29 is 9.53 Å². The molecule has 3 heteroatoms. The summed E-state index contributed by atoms with van der Waals surface area (Å²) < 4.78 is 4.76. The number of hydrogen-bond acceptors (Lipinski definition) is 3. The van der Waals surface area contributed by atoms with Gasteiger partial charge in [0.25, 0.3) is 0 Å². The third kappa shape index (κ3) is 3.46. The van der Waals surface area contributed by atoms with E-state index in [4.69, 9.17) is 10.5 Å². The normalized spacial score (nSPS) is 11.2. The number of carbonyl (C=O) groups is 1. The van der Waals surface area contributed by atoms with Gasteiger partial charge >= 0.3 is 5.97 Å². The molecule has 0 amide bonds. The summed E-state index contributed by atoms with van der Waals surface area (Å²) in [5, 5.41) is 0. The molecule has 3 nitrogen and oxygen atoms in total. The molecule has 1 rings (SSSR count). The first-order chi connectivity index (χ1) is 7.13. The molecule has 0 unspecified atom stereocenters. The highest BCUT2D eigenvalue weighted by Crippen LogP contribution is 2.10. The van der Waals surface area contributed by atoms with E-state index in [1.165, 1.54) is 6.08 Å². The first kappa shape index (κ1) is 11.3. The van der Waals surface area contributed by atoms with Crippen LogP contribution >= 0.6 is 0 Å². The number of hydrogen-bond donors (Lipinski definition) is 1. The first-order valence-corrected chi connectivity index (χ1v) is 4.84. The second-order valence-corrected chi connectivity index (χ2v) is 3.22. The summed E-state index contributed by atoms with van der Waals surface area (Å²) in [6.45, 7) is 4.11. The number of esters is 1. The maximum atomic E-state index is 11.1. The van der Waals surface area contributed by atoms with E-state index < -0.39 is 5.97 Å². The van der Waals surface area contributed by atoms with Gasteiger partial charge in [-0.3, -0.25) is 0 Å². The molecule has 0 aliphatic rings. The van der Waals surface area contributed by atoms with Gasteiger partial charge in [-0.1, -0.05) is 29.8 Å². The van der Waals surface area contributed by atoms with Gasteiger partial charge < -0.3 is 10.5 Å². The fourth-order valence-corrected chi connectivity index (χ4v) is 1.14. The molecule has 0 heterocycles. The van der Waals surface area contributed by atoms with Crippen LogP contribution in [0.4, 0.5) is 0 Å². The van der Waals surface area contributed by atoms with Crippen molar-refractivity contribution in [3.05, 3.63) is 41.5 Å². The number of ether oxygens (including phenoxy) is 1. The van der Waals surface area contributed by atoms with Crippen LogP contribution in [0.3, 0.4) is 0 Å². The monoisotopic (exact) mass is 205 g/mol. The molecule has 1 aromatic carbocycles. The average Bonchev–Trinajstić information content (AvgIpc) is 2.18. The van der Waals surface area contributed by atoms with Gasteiger partial charge in [-0.15, -0.1) is 0 Å². The third-order valence-electron chi connectivity index (χ3n) is 1.94. The maximum Gasteiger partial charge on any atom is 0.332 e. The van der Waals surface area contributed by atoms with Crippen LogP contribution < -0.4 is 5.73 Å². The van der Waals surface area contributed by atoms with Crippen molar-refractivity contribution in [3.63, 3.8) is 0 Å². The lowest BCUT2D eigenvalue weighted by Gasteiger charge is -2.02. The van der Waals surface area contributed by atoms with Gasteiger partial charge in [-0.05, 0) is 19.4 Å². The molecule has 0 bridgehead atoms. The topological polar surface area (TPSA) is 52.3 Å². The molecule has 0 aromatic heterocycles. The lowest BCUT2D eigenvalue weighted by atomic mass is 10.1. The molecular weight excluding hydrogens is 190 g/mol. The van der Waals surface area contributed by atoms with Crippen LogP contribution in [0, 0.1) is 6.92 Å². The third-order valence-corrected chi connectivity index (χ3v) is 1.94. The summed E-state index contributed by atoms with van der Waals surface area (Å²) in [6, 6.07) is 7.64. The van der Waals surface area contributed by atoms with Crippen molar-refractivity contribution in [2.75, 3.05) is 6.61 Å². The smallest absolute Gasteiger partial charge is 0.332 e. The van der Waals surface area contributed by atoms with E-state index >= 15 is 0 Å². The van der Waals surface area contributed by atoms with Gasteiger partial charge in [-0.25, -0.2) is 4.79 Å². The number of benzene rings is 1. The van der Waals surface area contributed by atoms with Gasteiger partial charge in [0.2, 0.25) is 0 Å². The van der Waals surface area contributed by atoms with Crippen molar-refractivity contribution in [2.24, 2.45) is 5.73 Å². The van der Waals surface area contributed by atoms with Crippen LogP contribution in [0.1, 0.15) is 18.1 Å². The molecule has 0 saturated carbocycles. The van der Waals surface area contributed by atoms with Crippen LogP contribution in [0.25, 0.3) is 5.70 Å². The highest BCUT2D eigenvalue weighted by molar-refractivity contribution is 5.90. The summed E-state index contributed by atoms with van der Waals surface area (Å²) in [7, 11) is 0. The van der Waals surface area contributed by atoms with Crippen LogP contribution in [-0.2, 0) is 9.53 Å². The Balaban J connectivity index is 2.79. The number of rotatable bonds is 3. The van der Waals surface area contributed by atoms with E-state index in [0.29, 0.717) is 12.3 Å². The second-order valence-electron chi connectivity index (χ2n) is 3.22. The highest BCUT2D eigenvalue weighted by Gasteiger charge is 2.00. The molecule has 1 aromatic rings. The fourth-order valence-electron chi connectivity index (χ4n) is 1.14. The highest BCUT2D eigenvalue weighted by atomic mass is 16.5. The van der Waals surface area contributed by atoms with Crippen molar-refractivity contribution in [2.45, 2.75) is 13.8 Å². The lowest BCUT2D eigenvalue weighted by Crippen LogP contribution is -2.05. The molecule has 0 saturated heterocycles. The Morgan fingerprint density at radius 2 is 2.00 bits per heavy atom. The van der Waals surface area contributed by atoms with E-state index in [2.05, 4.69) is 0 Å². The summed E-state index contributed by atoms with van der Waals surface area (Å²) in [6.07, 6.45) is 1.30. The SMILES string of the molecule is CCOC(=O)/C=C(\N)c1ccc(C)cc1. The molecule has 0 aliphatic heterocycles. The summed E-state index contributed by atoms with van der Waals surface area (Å²) in [4.78, 5) is 11.1. The Kier molecular flexibility index (Phi) is 3.92. The minimum absolute atomic E-state index is 0.358. The van der Waals surface area contributed by atoms with E-state index in [9.17, 15) is 4.79 Å². The molecule has 15 heavy (non-hydrogen) atoms. The van der Waals surface area contributed by atoms with E-state index in [1.54, 1.807) is 6.92 Å². The Bertz CT molecular complexity index is 366. The van der Waals surface area contributed by atoms with E-state index in [-0.39, 0.29) is 0 Å². The van der Waals surface area contributed by atoms with Gasteiger partial charge in [0.15, 0.2) is 0 Å². The number of nitrogens with two attached hydrogens (primary N) is 1. The molecule has 0 atom stereocenters. The summed E-state index contributed by atoms with van der Waals surface area (Å²) >= 11 is 0. The van der Waals surface area contributed by atoms with Crippen molar-refractivity contribution >= 4 is 11.7 Å². The average molecular weight is 205 g/mol.